The molecule has 2 aromatic rings. The number of ether oxygens (including phenoxy) is 1. The van der Waals surface area contributed by atoms with Crippen molar-refractivity contribution in [3.05, 3.63) is 48.0 Å². The van der Waals surface area contributed by atoms with Gasteiger partial charge in [-0.3, -0.25) is 4.90 Å². The molecule has 1 aliphatic rings. The molecule has 110 valence electrons. The van der Waals surface area contributed by atoms with E-state index >= 15 is 0 Å². The first-order valence-electron chi connectivity index (χ1n) is 7.10. The summed E-state index contributed by atoms with van der Waals surface area (Å²) in [5.41, 5.74) is 0.969. The standard InChI is InChI=1S/C17H19NO3/c1-17(21-10-16(19)20)11-18(12-17)9-14-7-4-6-13-5-2-3-8-15(13)14/h2-8H,9-12H2,1H3,(H,19,20). The number of carbonyl (C=O) groups is 1. The monoisotopic (exact) mass is 285 g/mol. The van der Waals surface area contributed by atoms with Crippen molar-refractivity contribution in [2.75, 3.05) is 19.7 Å². The molecule has 0 atom stereocenters. The van der Waals surface area contributed by atoms with E-state index in [0.717, 1.165) is 19.6 Å². The molecule has 4 heteroatoms. The molecule has 4 nitrogen and oxygen atoms in total. The number of carboxylic acid groups (broad SMARTS) is 1. The lowest BCUT2D eigenvalue weighted by Crippen LogP contribution is -2.61. The fraction of sp³-hybridized carbons (Fsp3) is 0.353. The molecule has 0 aromatic heterocycles. The molecule has 21 heavy (non-hydrogen) atoms. The zero-order valence-corrected chi connectivity index (χ0v) is 12.1. The highest BCUT2D eigenvalue weighted by Crippen LogP contribution is 2.28. The Bertz CT molecular complexity index is 657. The van der Waals surface area contributed by atoms with E-state index in [0.29, 0.717) is 0 Å². The van der Waals surface area contributed by atoms with E-state index in [2.05, 4.69) is 41.3 Å². The van der Waals surface area contributed by atoms with Crippen molar-refractivity contribution >= 4 is 16.7 Å². The molecular weight excluding hydrogens is 266 g/mol. The Labute approximate surface area is 123 Å². The highest BCUT2D eigenvalue weighted by molar-refractivity contribution is 5.85. The highest BCUT2D eigenvalue weighted by Gasteiger charge is 2.40. The fourth-order valence-electron chi connectivity index (χ4n) is 3.01. The van der Waals surface area contributed by atoms with Gasteiger partial charge in [0, 0.05) is 19.6 Å². The first kappa shape index (κ1) is 14.0. The van der Waals surface area contributed by atoms with Crippen LogP contribution in [-0.2, 0) is 16.1 Å². The molecule has 3 rings (SSSR count). The van der Waals surface area contributed by atoms with Crippen LogP contribution in [0.1, 0.15) is 12.5 Å². The quantitative estimate of drug-likeness (QED) is 0.917. The third kappa shape index (κ3) is 3.06. The van der Waals surface area contributed by atoms with Crippen LogP contribution in [0.2, 0.25) is 0 Å². The summed E-state index contributed by atoms with van der Waals surface area (Å²) in [4.78, 5) is 12.8. The molecule has 0 aliphatic carbocycles. The van der Waals surface area contributed by atoms with E-state index in [9.17, 15) is 4.79 Å². The Kier molecular flexibility index (Phi) is 3.66. The van der Waals surface area contributed by atoms with E-state index in [-0.39, 0.29) is 12.2 Å². The Morgan fingerprint density at radius 2 is 1.95 bits per heavy atom. The Morgan fingerprint density at radius 1 is 1.24 bits per heavy atom. The van der Waals surface area contributed by atoms with Crippen molar-refractivity contribution in [1.82, 2.24) is 4.90 Å². The van der Waals surface area contributed by atoms with Crippen molar-refractivity contribution in [1.29, 1.82) is 0 Å². The second-order valence-electron chi connectivity index (χ2n) is 5.92. The summed E-state index contributed by atoms with van der Waals surface area (Å²) in [5.74, 6) is -0.913. The maximum atomic E-state index is 10.6. The van der Waals surface area contributed by atoms with E-state index < -0.39 is 5.97 Å². The third-order valence-corrected chi connectivity index (χ3v) is 3.93. The SMILES string of the molecule is CC1(OCC(=O)O)CN(Cc2cccc3ccccc23)C1. The van der Waals surface area contributed by atoms with Crippen LogP contribution >= 0.6 is 0 Å². The summed E-state index contributed by atoms with van der Waals surface area (Å²) in [6.45, 7) is 4.15. The molecule has 0 bridgehead atoms. The normalized spacial score (nSPS) is 17.6. The smallest absolute Gasteiger partial charge is 0.329 e. The molecule has 0 radical (unpaired) electrons. The summed E-state index contributed by atoms with van der Waals surface area (Å²) in [6.07, 6.45) is 0. The Hall–Kier alpha value is -1.91. The van der Waals surface area contributed by atoms with E-state index in [1.54, 1.807) is 0 Å². The van der Waals surface area contributed by atoms with Crippen molar-refractivity contribution in [3.63, 3.8) is 0 Å². The lowest BCUT2D eigenvalue weighted by molar-refractivity contribution is -0.165. The second kappa shape index (κ2) is 5.47. The highest BCUT2D eigenvalue weighted by atomic mass is 16.5. The number of fused-ring (bicyclic) bond motifs is 1. The van der Waals surface area contributed by atoms with Crippen LogP contribution < -0.4 is 0 Å². The second-order valence-corrected chi connectivity index (χ2v) is 5.92. The topological polar surface area (TPSA) is 49.8 Å². The molecule has 0 saturated carbocycles. The van der Waals surface area contributed by atoms with Crippen molar-refractivity contribution in [2.24, 2.45) is 0 Å². The summed E-state index contributed by atoms with van der Waals surface area (Å²) in [5, 5.41) is 11.2. The number of carboxylic acids is 1. The van der Waals surface area contributed by atoms with Gasteiger partial charge in [0.25, 0.3) is 0 Å². The minimum atomic E-state index is -0.913. The summed E-state index contributed by atoms with van der Waals surface area (Å²) >= 11 is 0. The van der Waals surface area contributed by atoms with Crippen molar-refractivity contribution in [2.45, 2.75) is 19.1 Å². The lowest BCUT2D eigenvalue weighted by atomic mass is 9.94. The number of likely N-dealkylation sites (tertiary alicyclic amines) is 1. The number of benzene rings is 2. The maximum absolute atomic E-state index is 10.6. The summed E-state index contributed by atoms with van der Waals surface area (Å²) < 4.78 is 5.44. The van der Waals surface area contributed by atoms with Gasteiger partial charge in [-0.1, -0.05) is 42.5 Å². The zero-order chi connectivity index (χ0) is 14.9. The summed E-state index contributed by atoms with van der Waals surface area (Å²) in [6, 6.07) is 14.7. The molecule has 0 amide bonds. The molecule has 1 N–H and O–H groups in total. The van der Waals surface area contributed by atoms with Crippen molar-refractivity contribution < 1.29 is 14.6 Å². The van der Waals surface area contributed by atoms with E-state index in [1.165, 1.54) is 16.3 Å². The zero-order valence-electron chi connectivity index (χ0n) is 12.1. The minimum Gasteiger partial charge on any atom is -0.480 e. The van der Waals surface area contributed by atoms with Crippen LogP contribution in [0, 0.1) is 0 Å². The van der Waals surface area contributed by atoms with Gasteiger partial charge < -0.3 is 9.84 Å². The average molecular weight is 285 g/mol. The first-order valence-corrected chi connectivity index (χ1v) is 7.10. The fourth-order valence-corrected chi connectivity index (χ4v) is 3.01. The number of nitrogens with zero attached hydrogens (tertiary/aromatic N) is 1. The van der Waals surface area contributed by atoms with Crippen molar-refractivity contribution in [3.8, 4) is 0 Å². The predicted octanol–water partition coefficient (Wildman–Crippen LogP) is 2.52. The lowest BCUT2D eigenvalue weighted by Gasteiger charge is -2.47. The molecule has 2 aromatic carbocycles. The molecule has 1 heterocycles. The Morgan fingerprint density at radius 3 is 2.71 bits per heavy atom. The molecule has 1 saturated heterocycles. The number of aliphatic carboxylic acids is 1. The molecular formula is C17H19NO3. The largest absolute Gasteiger partial charge is 0.480 e. The van der Waals surface area contributed by atoms with E-state index in [4.69, 9.17) is 9.84 Å². The average Bonchev–Trinajstić information content (AvgIpc) is 2.44. The van der Waals surface area contributed by atoms with Crippen LogP contribution in [0.5, 0.6) is 0 Å². The van der Waals surface area contributed by atoms with Crippen LogP contribution in [-0.4, -0.2) is 41.3 Å². The number of hydrogen-bond acceptors (Lipinski definition) is 3. The van der Waals surface area contributed by atoms with Gasteiger partial charge in [-0.05, 0) is 23.3 Å². The molecule has 0 spiro atoms. The molecule has 0 unspecified atom stereocenters. The van der Waals surface area contributed by atoms with Gasteiger partial charge in [-0.2, -0.15) is 0 Å². The van der Waals surface area contributed by atoms with Gasteiger partial charge in [0.1, 0.15) is 6.61 Å². The maximum Gasteiger partial charge on any atom is 0.329 e. The van der Waals surface area contributed by atoms with Gasteiger partial charge in [-0.25, -0.2) is 4.79 Å². The molecule has 1 fully saturated rings. The first-order chi connectivity index (χ1) is 10.1. The predicted molar refractivity (Wildman–Crippen MR) is 81.2 cm³/mol. The summed E-state index contributed by atoms with van der Waals surface area (Å²) in [7, 11) is 0. The van der Waals surface area contributed by atoms with Gasteiger partial charge in [-0.15, -0.1) is 0 Å². The van der Waals surface area contributed by atoms with Crippen LogP contribution in [0.3, 0.4) is 0 Å². The van der Waals surface area contributed by atoms with Crippen LogP contribution in [0.15, 0.2) is 42.5 Å². The van der Waals surface area contributed by atoms with Gasteiger partial charge in [0.15, 0.2) is 0 Å². The van der Waals surface area contributed by atoms with Crippen LogP contribution in [0.25, 0.3) is 10.8 Å². The van der Waals surface area contributed by atoms with Gasteiger partial charge in [0.2, 0.25) is 0 Å². The number of rotatable bonds is 5. The molecule has 1 aliphatic heterocycles. The Balaban J connectivity index is 1.65. The van der Waals surface area contributed by atoms with Crippen LogP contribution in [0.4, 0.5) is 0 Å². The third-order valence-electron chi connectivity index (χ3n) is 3.93. The minimum absolute atomic E-state index is 0.224. The van der Waals surface area contributed by atoms with Gasteiger partial charge >= 0.3 is 5.97 Å². The number of hydrogen-bond donors (Lipinski definition) is 1. The van der Waals surface area contributed by atoms with Gasteiger partial charge in [0.05, 0.1) is 5.60 Å². The van der Waals surface area contributed by atoms with E-state index in [1.807, 2.05) is 13.0 Å².